The Morgan fingerprint density at radius 2 is 1.51 bits per heavy atom. The quantitative estimate of drug-likeness (QED) is 0.128. The molecule has 3 aromatic carbocycles. The van der Waals surface area contributed by atoms with Crippen molar-refractivity contribution in [2.24, 2.45) is 11.8 Å². The number of halogens is 2. The minimum absolute atomic E-state index is 0.0210. The number of ketones is 2. The highest BCUT2D eigenvalue weighted by Crippen LogP contribution is 2.34. The van der Waals surface area contributed by atoms with Crippen molar-refractivity contribution in [3.05, 3.63) is 95.6 Å². The van der Waals surface area contributed by atoms with Crippen molar-refractivity contribution in [1.29, 1.82) is 0 Å². The van der Waals surface area contributed by atoms with Crippen LogP contribution in [0.3, 0.4) is 0 Å². The first-order valence-corrected chi connectivity index (χ1v) is 19.0. The highest BCUT2D eigenvalue weighted by atomic mass is 19.2. The molecule has 0 aromatic heterocycles. The van der Waals surface area contributed by atoms with E-state index in [0.29, 0.717) is 78.8 Å². The summed E-state index contributed by atoms with van der Waals surface area (Å²) in [5, 5.41) is 2.64. The lowest BCUT2D eigenvalue weighted by Crippen LogP contribution is -2.41. The maximum atomic E-state index is 13.4. The topological polar surface area (TPSA) is 111 Å². The van der Waals surface area contributed by atoms with Gasteiger partial charge in [-0.15, -0.1) is 6.58 Å². The van der Waals surface area contributed by atoms with Crippen LogP contribution >= 0.6 is 0 Å². The second kappa shape index (κ2) is 23.7. The molecule has 1 fully saturated rings. The van der Waals surface area contributed by atoms with Gasteiger partial charge in [-0.05, 0) is 67.6 Å². The molecule has 0 saturated carbocycles. The van der Waals surface area contributed by atoms with Crippen molar-refractivity contribution in [2.45, 2.75) is 107 Å². The largest absolute Gasteiger partial charge is 0.489 e. The zero-order valence-corrected chi connectivity index (χ0v) is 33.6. The molecule has 0 spiro atoms. The molecule has 0 bridgehead atoms. The number of Topliss-reactive ketones (excluding diaryl/α,β-unsaturated/α-hetero) is 2. The SMILES string of the molecule is C=CC.CCC(=O)CCC(C)C.CCc1ccc(COC(=O)Nc2ccc(Oc3ccc(F)c(F)c3)cc2)c(OC2CCN(C(C)=O)CC2)c1C(=O)C(C)C. The van der Waals surface area contributed by atoms with Crippen LogP contribution in [-0.4, -0.2) is 47.7 Å². The van der Waals surface area contributed by atoms with E-state index < -0.39 is 17.7 Å². The molecule has 300 valence electrons. The standard InChI is InChI=1S/C33H36F2N2O6.C8H16O.C3H6/c1-5-22-6-7-23(32(30(22)31(39)20(2)3)43-26-14-16-37(17-15-26)21(4)38)19-41-33(40)36-24-8-10-25(11-9-24)42-27-12-13-28(34)29(35)18-27;1-4-8(9)6-5-7(2)3;1-3-2/h6-13,18,20,26H,5,14-17,19H2,1-4H3,(H,36,40);7H,4-6H2,1-3H3;3H,1H2,2H3. The molecule has 0 aliphatic carbocycles. The Bertz CT molecular complexity index is 1720. The molecule has 0 unspecified atom stereocenters. The van der Waals surface area contributed by atoms with Gasteiger partial charge in [0.2, 0.25) is 5.91 Å². The molecule has 0 atom stereocenters. The van der Waals surface area contributed by atoms with Crippen molar-refractivity contribution < 1.29 is 42.2 Å². The van der Waals surface area contributed by atoms with Crippen molar-refractivity contribution in [3.63, 3.8) is 0 Å². The van der Waals surface area contributed by atoms with Gasteiger partial charge in [0.15, 0.2) is 17.4 Å². The number of hydrogen-bond donors (Lipinski definition) is 1. The number of piperidine rings is 1. The van der Waals surface area contributed by atoms with E-state index in [-0.39, 0.29) is 36.1 Å². The summed E-state index contributed by atoms with van der Waals surface area (Å²) >= 11 is 0. The van der Waals surface area contributed by atoms with Gasteiger partial charge in [-0.3, -0.25) is 19.7 Å². The molecule has 1 saturated heterocycles. The van der Waals surface area contributed by atoms with E-state index in [2.05, 4.69) is 25.7 Å². The minimum atomic E-state index is -1.02. The summed E-state index contributed by atoms with van der Waals surface area (Å²) in [5.74, 6) is -0.308. The lowest BCUT2D eigenvalue weighted by Gasteiger charge is -2.32. The number of benzene rings is 3. The third-order valence-electron chi connectivity index (χ3n) is 8.63. The van der Waals surface area contributed by atoms with Gasteiger partial charge in [0.25, 0.3) is 0 Å². The summed E-state index contributed by atoms with van der Waals surface area (Å²) in [6.07, 6.45) is 5.24. The average Bonchev–Trinajstić information content (AvgIpc) is 3.15. The smallest absolute Gasteiger partial charge is 0.411 e. The van der Waals surface area contributed by atoms with Crippen LogP contribution in [-0.2, 0) is 27.4 Å². The highest BCUT2D eigenvalue weighted by molar-refractivity contribution is 6.01. The number of allylic oxidation sites excluding steroid dienone is 1. The monoisotopic (exact) mass is 764 g/mol. The molecule has 9 nitrogen and oxygen atoms in total. The fourth-order valence-corrected chi connectivity index (χ4v) is 5.43. The van der Waals surface area contributed by atoms with E-state index in [9.17, 15) is 28.0 Å². The fourth-order valence-electron chi connectivity index (χ4n) is 5.43. The van der Waals surface area contributed by atoms with Crippen LogP contribution in [0.5, 0.6) is 17.2 Å². The lowest BCUT2D eigenvalue weighted by molar-refractivity contribution is -0.130. The molecular formula is C44H58F2N2O7. The summed E-state index contributed by atoms with van der Waals surface area (Å²) in [4.78, 5) is 50.3. The molecular weight excluding hydrogens is 706 g/mol. The number of aryl methyl sites for hydroxylation is 1. The van der Waals surface area contributed by atoms with Gasteiger partial charge in [0, 0.05) is 68.9 Å². The van der Waals surface area contributed by atoms with Crippen LogP contribution in [0.15, 0.2) is 67.3 Å². The predicted octanol–water partition coefficient (Wildman–Crippen LogP) is 10.9. The van der Waals surface area contributed by atoms with E-state index in [4.69, 9.17) is 14.2 Å². The second-order valence-electron chi connectivity index (χ2n) is 13.9. The number of amides is 2. The molecule has 11 heteroatoms. The van der Waals surface area contributed by atoms with Crippen LogP contribution in [0.1, 0.15) is 109 Å². The van der Waals surface area contributed by atoms with Gasteiger partial charge in [0.1, 0.15) is 35.7 Å². The summed E-state index contributed by atoms with van der Waals surface area (Å²) in [6, 6.07) is 13.2. The second-order valence-corrected chi connectivity index (χ2v) is 13.9. The third kappa shape index (κ3) is 15.7. The molecule has 1 aliphatic rings. The number of nitrogens with zero attached hydrogens (tertiary/aromatic N) is 1. The Kier molecular flexibility index (Phi) is 19.8. The number of carbonyl (C=O) groups is 4. The van der Waals surface area contributed by atoms with E-state index >= 15 is 0 Å². The zero-order valence-electron chi connectivity index (χ0n) is 33.6. The van der Waals surface area contributed by atoms with Crippen molar-refractivity contribution in [2.75, 3.05) is 18.4 Å². The van der Waals surface area contributed by atoms with E-state index in [1.165, 1.54) is 6.07 Å². The Morgan fingerprint density at radius 3 is 2.04 bits per heavy atom. The zero-order chi connectivity index (χ0) is 41.1. The van der Waals surface area contributed by atoms with Gasteiger partial charge < -0.3 is 19.1 Å². The van der Waals surface area contributed by atoms with Crippen molar-refractivity contribution in [1.82, 2.24) is 4.90 Å². The van der Waals surface area contributed by atoms with Crippen LogP contribution in [0.4, 0.5) is 19.3 Å². The molecule has 3 aromatic rings. The molecule has 55 heavy (non-hydrogen) atoms. The maximum absolute atomic E-state index is 13.4. The van der Waals surface area contributed by atoms with Crippen LogP contribution in [0, 0.1) is 23.5 Å². The van der Waals surface area contributed by atoms with Gasteiger partial charge in [-0.25, -0.2) is 13.6 Å². The molecule has 2 amide bonds. The number of likely N-dealkylation sites (tertiary alicyclic amines) is 1. The van der Waals surface area contributed by atoms with Crippen LogP contribution in [0.2, 0.25) is 0 Å². The normalized spacial score (nSPS) is 12.5. The highest BCUT2D eigenvalue weighted by Gasteiger charge is 2.28. The summed E-state index contributed by atoms with van der Waals surface area (Å²) in [6.45, 7) is 19.6. The molecule has 1 aliphatic heterocycles. The van der Waals surface area contributed by atoms with E-state index in [1.54, 1.807) is 42.2 Å². The van der Waals surface area contributed by atoms with Gasteiger partial charge in [-0.1, -0.05) is 59.8 Å². The third-order valence-corrected chi connectivity index (χ3v) is 8.63. The maximum Gasteiger partial charge on any atom is 0.411 e. The van der Waals surface area contributed by atoms with E-state index in [0.717, 1.165) is 30.5 Å². The molecule has 1 N–H and O–H groups in total. The number of hydrogen-bond acceptors (Lipinski definition) is 7. The van der Waals surface area contributed by atoms with Crippen LogP contribution < -0.4 is 14.8 Å². The predicted molar refractivity (Wildman–Crippen MR) is 213 cm³/mol. The molecule has 1 heterocycles. The Labute approximate surface area is 325 Å². The molecule has 4 rings (SSSR count). The lowest BCUT2D eigenvalue weighted by atomic mass is 9.92. The average molecular weight is 765 g/mol. The van der Waals surface area contributed by atoms with E-state index in [1.807, 2.05) is 46.8 Å². The Morgan fingerprint density at radius 1 is 0.909 bits per heavy atom. The first kappa shape index (κ1) is 46.1. The Balaban J connectivity index is 0.000000755. The van der Waals surface area contributed by atoms with Crippen molar-refractivity contribution >= 4 is 29.3 Å². The number of ether oxygens (including phenoxy) is 3. The summed E-state index contributed by atoms with van der Waals surface area (Å²) < 4.78 is 44.1. The first-order chi connectivity index (χ1) is 26.1. The van der Waals surface area contributed by atoms with Gasteiger partial charge in [0.05, 0.1) is 5.56 Å². The van der Waals surface area contributed by atoms with Crippen molar-refractivity contribution in [3.8, 4) is 17.2 Å². The Hall–Kier alpha value is -5.06. The summed E-state index contributed by atoms with van der Waals surface area (Å²) in [7, 11) is 0. The van der Waals surface area contributed by atoms with Gasteiger partial charge >= 0.3 is 6.09 Å². The summed E-state index contributed by atoms with van der Waals surface area (Å²) in [5.41, 5.74) is 2.35. The number of rotatable bonds is 14. The first-order valence-electron chi connectivity index (χ1n) is 19.0. The number of nitrogens with one attached hydrogen (secondary N) is 1. The minimum Gasteiger partial charge on any atom is -0.489 e. The molecule has 0 radical (unpaired) electrons. The fraction of sp³-hybridized carbons (Fsp3) is 0.455. The number of anilines is 1. The van der Waals surface area contributed by atoms with Gasteiger partial charge in [-0.2, -0.15) is 0 Å². The van der Waals surface area contributed by atoms with Crippen LogP contribution in [0.25, 0.3) is 0 Å². The number of carbonyl (C=O) groups excluding carboxylic acids is 4.